The first kappa shape index (κ1) is 15.0. The van der Waals surface area contributed by atoms with Crippen LogP contribution in [-0.2, 0) is 16.0 Å². The fourth-order valence-corrected chi connectivity index (χ4v) is 3.08. The normalized spacial score (nSPS) is 10.3. The van der Waals surface area contributed by atoms with Crippen molar-refractivity contribution >= 4 is 33.2 Å². The second-order valence-electron chi connectivity index (χ2n) is 3.97. The summed E-state index contributed by atoms with van der Waals surface area (Å²) in [6.07, 6.45) is 0.200. The molecule has 0 bridgehead atoms. The fourth-order valence-electron chi connectivity index (χ4n) is 1.67. The van der Waals surface area contributed by atoms with Gasteiger partial charge in [-0.2, -0.15) is 0 Å². The number of ether oxygens (including phenoxy) is 2. The lowest BCUT2D eigenvalue weighted by molar-refractivity contribution is -0.142. The van der Waals surface area contributed by atoms with Crippen LogP contribution >= 0.6 is 27.3 Å². The molecule has 0 unspecified atom stereocenters. The zero-order chi connectivity index (χ0) is 14.5. The summed E-state index contributed by atoms with van der Waals surface area (Å²) < 4.78 is 11.1. The minimum absolute atomic E-state index is 0.200. The van der Waals surface area contributed by atoms with Crippen LogP contribution in [-0.4, -0.2) is 24.7 Å². The molecule has 0 aliphatic rings. The largest absolute Gasteiger partial charge is 0.497 e. The number of benzene rings is 1. The molecule has 0 saturated carbocycles. The summed E-state index contributed by atoms with van der Waals surface area (Å²) >= 11 is 4.99. The van der Waals surface area contributed by atoms with E-state index in [0.29, 0.717) is 6.61 Å². The minimum atomic E-state index is -0.256. The third kappa shape index (κ3) is 3.58. The van der Waals surface area contributed by atoms with Gasteiger partial charge in [-0.1, -0.05) is 15.9 Å². The average molecular weight is 356 g/mol. The maximum atomic E-state index is 11.4. The highest BCUT2D eigenvalue weighted by molar-refractivity contribution is 9.10. The molecule has 0 aliphatic heterocycles. The van der Waals surface area contributed by atoms with E-state index in [4.69, 9.17) is 9.47 Å². The highest BCUT2D eigenvalue weighted by atomic mass is 79.9. The monoisotopic (exact) mass is 355 g/mol. The van der Waals surface area contributed by atoms with E-state index in [0.717, 1.165) is 26.5 Å². The van der Waals surface area contributed by atoms with Gasteiger partial charge in [-0.05, 0) is 25.1 Å². The molecule has 2 rings (SSSR count). The number of methoxy groups -OCH3 is 1. The maximum Gasteiger partial charge on any atom is 0.311 e. The van der Waals surface area contributed by atoms with Gasteiger partial charge in [0.2, 0.25) is 0 Å². The Balaban J connectivity index is 2.22. The quantitative estimate of drug-likeness (QED) is 0.767. The van der Waals surface area contributed by atoms with Crippen LogP contribution in [0.15, 0.2) is 28.1 Å². The molecule has 0 radical (unpaired) electrons. The number of esters is 1. The van der Waals surface area contributed by atoms with Crippen molar-refractivity contribution in [1.82, 2.24) is 4.98 Å². The molecule has 1 heterocycles. The van der Waals surface area contributed by atoms with Crippen LogP contribution in [0.1, 0.15) is 12.6 Å². The molecule has 0 spiro atoms. The Bertz CT molecular complexity index is 612. The number of aromatic nitrogens is 1. The van der Waals surface area contributed by atoms with Crippen LogP contribution in [0.2, 0.25) is 0 Å². The Labute approximate surface area is 129 Å². The fraction of sp³-hybridized carbons (Fsp3) is 0.286. The van der Waals surface area contributed by atoms with Gasteiger partial charge < -0.3 is 9.47 Å². The third-order valence-corrected chi connectivity index (χ3v) is 4.20. The lowest BCUT2D eigenvalue weighted by atomic mass is 10.2. The van der Waals surface area contributed by atoms with Gasteiger partial charge in [0.05, 0.1) is 25.8 Å². The number of rotatable bonds is 5. The van der Waals surface area contributed by atoms with Crippen LogP contribution in [0.3, 0.4) is 0 Å². The molecule has 0 atom stereocenters. The Morgan fingerprint density at radius 3 is 2.95 bits per heavy atom. The van der Waals surface area contributed by atoms with Gasteiger partial charge in [-0.15, -0.1) is 11.3 Å². The highest BCUT2D eigenvalue weighted by Gasteiger charge is 2.12. The number of hydrogen-bond donors (Lipinski definition) is 0. The van der Waals surface area contributed by atoms with Crippen molar-refractivity contribution in [3.05, 3.63) is 33.7 Å². The molecule has 0 amide bonds. The third-order valence-electron chi connectivity index (χ3n) is 2.59. The molecule has 4 nitrogen and oxygen atoms in total. The molecule has 6 heteroatoms. The summed E-state index contributed by atoms with van der Waals surface area (Å²) in [4.78, 5) is 15.9. The molecule has 2 aromatic rings. The Morgan fingerprint density at radius 2 is 2.25 bits per heavy atom. The van der Waals surface area contributed by atoms with E-state index in [1.165, 1.54) is 11.3 Å². The smallest absolute Gasteiger partial charge is 0.311 e. The molecule has 20 heavy (non-hydrogen) atoms. The van der Waals surface area contributed by atoms with Crippen molar-refractivity contribution in [3.8, 4) is 16.3 Å². The maximum absolute atomic E-state index is 11.4. The van der Waals surface area contributed by atoms with Gasteiger partial charge >= 0.3 is 5.97 Å². The van der Waals surface area contributed by atoms with Crippen LogP contribution in [0.25, 0.3) is 10.6 Å². The molecule has 106 valence electrons. The summed E-state index contributed by atoms with van der Waals surface area (Å²) in [7, 11) is 1.63. The summed E-state index contributed by atoms with van der Waals surface area (Å²) in [6.45, 7) is 2.18. The Hall–Kier alpha value is -1.40. The van der Waals surface area contributed by atoms with E-state index in [9.17, 15) is 4.79 Å². The first-order valence-corrected chi connectivity index (χ1v) is 7.75. The minimum Gasteiger partial charge on any atom is -0.497 e. The topological polar surface area (TPSA) is 48.4 Å². The predicted molar refractivity (Wildman–Crippen MR) is 82.1 cm³/mol. The van der Waals surface area contributed by atoms with E-state index < -0.39 is 0 Å². The lowest BCUT2D eigenvalue weighted by Crippen LogP contribution is -2.07. The van der Waals surface area contributed by atoms with Crippen molar-refractivity contribution in [1.29, 1.82) is 0 Å². The summed E-state index contributed by atoms with van der Waals surface area (Å²) in [5, 5.41) is 2.72. The molecule has 0 saturated heterocycles. The summed E-state index contributed by atoms with van der Waals surface area (Å²) in [5.41, 5.74) is 1.67. The number of nitrogens with zero attached hydrogens (tertiary/aromatic N) is 1. The Morgan fingerprint density at radius 1 is 1.45 bits per heavy atom. The van der Waals surface area contributed by atoms with E-state index in [1.54, 1.807) is 14.0 Å². The van der Waals surface area contributed by atoms with E-state index in [2.05, 4.69) is 20.9 Å². The lowest BCUT2D eigenvalue weighted by Gasteiger charge is -2.04. The average Bonchev–Trinajstić information content (AvgIpc) is 2.88. The van der Waals surface area contributed by atoms with E-state index in [-0.39, 0.29) is 12.4 Å². The predicted octanol–water partition coefficient (Wildman–Crippen LogP) is 3.69. The van der Waals surface area contributed by atoms with Crippen molar-refractivity contribution < 1.29 is 14.3 Å². The van der Waals surface area contributed by atoms with Gasteiger partial charge in [0, 0.05) is 15.4 Å². The molecule has 1 aromatic carbocycles. The van der Waals surface area contributed by atoms with Crippen LogP contribution in [0.4, 0.5) is 0 Å². The van der Waals surface area contributed by atoms with Crippen LogP contribution in [0, 0.1) is 0 Å². The molecule has 0 aliphatic carbocycles. The number of hydrogen-bond acceptors (Lipinski definition) is 5. The van der Waals surface area contributed by atoms with E-state index >= 15 is 0 Å². The number of carbonyl (C=O) groups excluding carboxylic acids is 1. The van der Waals surface area contributed by atoms with Gasteiger partial charge in [-0.25, -0.2) is 4.98 Å². The Kier molecular flexibility index (Phi) is 5.14. The molecule has 1 aromatic heterocycles. The summed E-state index contributed by atoms with van der Waals surface area (Å²) in [6, 6.07) is 5.71. The number of carbonyl (C=O) groups is 1. The second-order valence-corrected chi connectivity index (χ2v) is 5.68. The SMILES string of the molecule is CCOC(=O)Cc1csc(-c2cc(OC)ccc2Br)n1. The summed E-state index contributed by atoms with van der Waals surface area (Å²) in [5.74, 6) is 0.513. The van der Waals surface area contributed by atoms with E-state index in [1.807, 2.05) is 23.6 Å². The van der Waals surface area contributed by atoms with Crippen molar-refractivity contribution in [2.24, 2.45) is 0 Å². The first-order valence-electron chi connectivity index (χ1n) is 6.08. The van der Waals surface area contributed by atoms with Crippen molar-refractivity contribution in [3.63, 3.8) is 0 Å². The van der Waals surface area contributed by atoms with Crippen molar-refractivity contribution in [2.45, 2.75) is 13.3 Å². The highest BCUT2D eigenvalue weighted by Crippen LogP contribution is 2.33. The zero-order valence-corrected chi connectivity index (χ0v) is 13.6. The molecule has 0 N–H and O–H groups in total. The first-order chi connectivity index (χ1) is 9.63. The van der Waals surface area contributed by atoms with Gasteiger partial charge in [0.15, 0.2) is 0 Å². The standard InChI is InChI=1S/C14H14BrNO3S/c1-3-19-13(17)6-9-8-20-14(16-9)11-7-10(18-2)4-5-12(11)15/h4-5,7-8H,3,6H2,1-2H3. The zero-order valence-electron chi connectivity index (χ0n) is 11.2. The van der Waals surface area contributed by atoms with Crippen LogP contribution < -0.4 is 4.74 Å². The number of thiazole rings is 1. The molecule has 0 fully saturated rings. The van der Waals surface area contributed by atoms with Gasteiger partial charge in [0.25, 0.3) is 0 Å². The number of halogens is 1. The molecular formula is C14H14BrNO3S. The van der Waals surface area contributed by atoms with Crippen molar-refractivity contribution in [2.75, 3.05) is 13.7 Å². The van der Waals surface area contributed by atoms with Crippen LogP contribution in [0.5, 0.6) is 5.75 Å². The van der Waals surface area contributed by atoms with Gasteiger partial charge in [0.1, 0.15) is 10.8 Å². The second kappa shape index (κ2) is 6.85. The van der Waals surface area contributed by atoms with Gasteiger partial charge in [-0.3, -0.25) is 4.79 Å². The molecular weight excluding hydrogens is 342 g/mol.